The molecular weight excluding hydrogens is 494 g/mol. The van der Waals surface area contributed by atoms with E-state index in [0.717, 1.165) is 11.3 Å². The highest BCUT2D eigenvalue weighted by molar-refractivity contribution is 7.10. The molecule has 1 aliphatic heterocycles. The van der Waals surface area contributed by atoms with Crippen molar-refractivity contribution in [2.24, 2.45) is 0 Å². The van der Waals surface area contributed by atoms with E-state index in [1.54, 1.807) is 17.4 Å². The summed E-state index contributed by atoms with van der Waals surface area (Å²) in [6.07, 6.45) is 1.12. The van der Waals surface area contributed by atoms with Gasteiger partial charge in [-0.15, -0.1) is 11.3 Å². The lowest BCUT2D eigenvalue weighted by molar-refractivity contribution is -0.140. The van der Waals surface area contributed by atoms with Crippen molar-refractivity contribution in [1.82, 2.24) is 5.32 Å². The van der Waals surface area contributed by atoms with Crippen molar-refractivity contribution < 1.29 is 19.1 Å². The Balaban J connectivity index is 1.41. The predicted octanol–water partition coefficient (Wildman–Crippen LogP) is 6.39. The molecule has 5 nitrogen and oxygen atoms in total. The minimum atomic E-state index is -0.542. The van der Waals surface area contributed by atoms with E-state index < -0.39 is 11.9 Å². The third kappa shape index (κ3) is 5.11. The molecule has 36 heavy (non-hydrogen) atoms. The zero-order valence-electron chi connectivity index (χ0n) is 19.8. The summed E-state index contributed by atoms with van der Waals surface area (Å²) in [5, 5.41) is 5.97. The first-order valence-electron chi connectivity index (χ1n) is 11.9. The Morgan fingerprint density at radius 1 is 1.06 bits per heavy atom. The summed E-state index contributed by atoms with van der Waals surface area (Å²) in [6.45, 7) is 2.18. The maximum Gasteiger partial charge on any atom is 0.336 e. The number of ether oxygens (including phenoxy) is 2. The summed E-state index contributed by atoms with van der Waals surface area (Å²) in [7, 11) is 0. The maximum absolute atomic E-state index is 13.6. The van der Waals surface area contributed by atoms with Gasteiger partial charge in [0.05, 0.1) is 5.57 Å². The number of halogens is 1. The molecule has 184 valence electrons. The number of Topliss-reactive ketones (excluding diaryl/α,β-unsaturated/α-hetero) is 1. The minimum absolute atomic E-state index is 0.0392. The molecule has 2 aromatic carbocycles. The van der Waals surface area contributed by atoms with Crippen molar-refractivity contribution in [3.63, 3.8) is 0 Å². The van der Waals surface area contributed by atoms with Gasteiger partial charge in [-0.1, -0.05) is 48.0 Å². The Hall–Kier alpha value is -3.35. The van der Waals surface area contributed by atoms with Crippen molar-refractivity contribution in [2.45, 2.75) is 31.6 Å². The van der Waals surface area contributed by atoms with Crippen LogP contribution in [0.2, 0.25) is 5.02 Å². The van der Waals surface area contributed by atoms with E-state index in [4.69, 9.17) is 21.1 Å². The molecule has 2 atom stereocenters. The molecule has 7 heteroatoms. The van der Waals surface area contributed by atoms with Gasteiger partial charge in [-0.3, -0.25) is 4.79 Å². The first kappa shape index (κ1) is 24.3. The van der Waals surface area contributed by atoms with Gasteiger partial charge in [0.1, 0.15) is 19.0 Å². The highest BCUT2D eigenvalue weighted by Crippen LogP contribution is 2.46. The molecule has 0 amide bonds. The van der Waals surface area contributed by atoms with Crippen LogP contribution in [0, 0.1) is 0 Å². The van der Waals surface area contributed by atoms with E-state index >= 15 is 0 Å². The average Bonchev–Trinajstić information content (AvgIpc) is 3.41. The van der Waals surface area contributed by atoms with Gasteiger partial charge in [0.15, 0.2) is 5.78 Å². The van der Waals surface area contributed by atoms with E-state index in [-0.39, 0.29) is 24.9 Å². The average molecular weight is 520 g/mol. The zero-order valence-corrected chi connectivity index (χ0v) is 21.4. The number of allylic oxidation sites excluding steroid dienone is 3. The molecule has 3 aromatic rings. The molecule has 0 fully saturated rings. The molecule has 2 heterocycles. The molecule has 0 bridgehead atoms. The maximum atomic E-state index is 13.6. The number of hydrogen-bond acceptors (Lipinski definition) is 6. The van der Waals surface area contributed by atoms with E-state index in [0.29, 0.717) is 40.5 Å². The second kappa shape index (κ2) is 10.7. The van der Waals surface area contributed by atoms with Gasteiger partial charge in [0, 0.05) is 45.1 Å². The number of rotatable bonds is 7. The van der Waals surface area contributed by atoms with Crippen LogP contribution in [0.4, 0.5) is 0 Å². The van der Waals surface area contributed by atoms with Gasteiger partial charge in [-0.25, -0.2) is 4.79 Å². The topological polar surface area (TPSA) is 64.6 Å². The number of nitrogens with one attached hydrogen (secondary N) is 1. The second-order valence-corrected chi connectivity index (χ2v) is 10.3. The summed E-state index contributed by atoms with van der Waals surface area (Å²) in [6, 6.07) is 20.8. The number of thiophene rings is 1. The third-order valence-electron chi connectivity index (χ3n) is 6.50. The quantitative estimate of drug-likeness (QED) is 0.289. The summed E-state index contributed by atoms with van der Waals surface area (Å²) in [5.74, 6) is -0.138. The van der Waals surface area contributed by atoms with Crippen LogP contribution in [0.15, 0.2) is 94.7 Å². The normalized spacial score (nSPS) is 19.6. The number of hydrogen-bond donors (Lipinski definition) is 1. The Morgan fingerprint density at radius 2 is 1.89 bits per heavy atom. The van der Waals surface area contributed by atoms with Gasteiger partial charge in [-0.2, -0.15) is 0 Å². The molecule has 0 spiro atoms. The molecule has 0 saturated heterocycles. The fourth-order valence-electron chi connectivity index (χ4n) is 4.94. The van der Waals surface area contributed by atoms with Crippen molar-refractivity contribution >= 4 is 34.7 Å². The van der Waals surface area contributed by atoms with E-state index in [9.17, 15) is 9.59 Å². The lowest BCUT2D eigenvalue weighted by atomic mass is 9.72. The number of benzene rings is 2. The molecule has 0 radical (unpaired) electrons. The van der Waals surface area contributed by atoms with Crippen LogP contribution in [0.5, 0.6) is 5.75 Å². The molecule has 1 aliphatic carbocycles. The summed E-state index contributed by atoms with van der Waals surface area (Å²) < 4.78 is 11.3. The van der Waals surface area contributed by atoms with Crippen LogP contribution in [0.3, 0.4) is 0 Å². The minimum Gasteiger partial charge on any atom is -0.490 e. The molecular formula is C29H26ClNO4S. The number of dihydropyridines is 1. The van der Waals surface area contributed by atoms with Gasteiger partial charge in [0.25, 0.3) is 0 Å². The van der Waals surface area contributed by atoms with Crippen LogP contribution < -0.4 is 10.1 Å². The number of carbonyl (C=O) groups excluding carboxylic acids is 2. The van der Waals surface area contributed by atoms with Crippen molar-refractivity contribution in [3.05, 3.63) is 110 Å². The van der Waals surface area contributed by atoms with Gasteiger partial charge in [0.2, 0.25) is 0 Å². The number of esters is 1. The van der Waals surface area contributed by atoms with Crippen molar-refractivity contribution in [1.29, 1.82) is 0 Å². The van der Waals surface area contributed by atoms with E-state index in [2.05, 4.69) is 11.4 Å². The van der Waals surface area contributed by atoms with E-state index in [1.165, 1.54) is 4.88 Å². The Morgan fingerprint density at radius 3 is 2.64 bits per heavy atom. The SMILES string of the molecule is CC1=C(C(=O)OCCOc2ccccc2)[C@@H](c2cccc(Cl)c2)C2=C(C[C@@H](c3cccs3)CC2=O)N1. The van der Waals surface area contributed by atoms with E-state index in [1.807, 2.05) is 66.9 Å². The van der Waals surface area contributed by atoms with Gasteiger partial charge in [-0.05, 0) is 54.6 Å². The van der Waals surface area contributed by atoms with Gasteiger partial charge >= 0.3 is 5.97 Å². The largest absolute Gasteiger partial charge is 0.490 e. The monoisotopic (exact) mass is 519 g/mol. The van der Waals surface area contributed by atoms with Crippen LogP contribution in [-0.4, -0.2) is 25.0 Å². The molecule has 0 unspecified atom stereocenters. The first-order valence-corrected chi connectivity index (χ1v) is 13.1. The first-order chi connectivity index (χ1) is 17.5. The number of ketones is 1. The highest BCUT2D eigenvalue weighted by atomic mass is 35.5. The molecule has 1 N–H and O–H groups in total. The smallest absolute Gasteiger partial charge is 0.336 e. The Kier molecular flexibility index (Phi) is 7.25. The van der Waals surface area contributed by atoms with Crippen LogP contribution in [0.1, 0.15) is 42.0 Å². The van der Waals surface area contributed by atoms with Crippen molar-refractivity contribution in [2.75, 3.05) is 13.2 Å². The molecule has 1 aromatic heterocycles. The van der Waals surface area contributed by atoms with Crippen LogP contribution >= 0.6 is 22.9 Å². The Labute approximate surface area is 219 Å². The third-order valence-corrected chi connectivity index (χ3v) is 7.77. The summed E-state index contributed by atoms with van der Waals surface area (Å²) >= 11 is 7.99. The molecule has 5 rings (SSSR count). The van der Waals surface area contributed by atoms with Gasteiger partial charge < -0.3 is 14.8 Å². The second-order valence-electron chi connectivity index (χ2n) is 8.89. The Bertz CT molecular complexity index is 1330. The predicted molar refractivity (Wildman–Crippen MR) is 141 cm³/mol. The fraction of sp³-hybridized carbons (Fsp3) is 0.241. The van der Waals surface area contributed by atoms with Crippen LogP contribution in [0.25, 0.3) is 0 Å². The fourth-order valence-corrected chi connectivity index (χ4v) is 5.97. The zero-order chi connectivity index (χ0) is 25.1. The van der Waals surface area contributed by atoms with Crippen LogP contribution in [-0.2, 0) is 14.3 Å². The number of para-hydroxylation sites is 1. The summed E-state index contributed by atoms with van der Waals surface area (Å²) in [4.78, 5) is 28.1. The lowest BCUT2D eigenvalue weighted by Gasteiger charge is -2.36. The number of carbonyl (C=O) groups is 2. The molecule has 0 saturated carbocycles. The summed E-state index contributed by atoms with van der Waals surface area (Å²) in [5.41, 5.74) is 3.41. The molecule has 2 aliphatic rings. The highest BCUT2D eigenvalue weighted by Gasteiger charge is 2.41. The van der Waals surface area contributed by atoms with Crippen molar-refractivity contribution in [3.8, 4) is 5.75 Å². The standard InChI is InChI=1S/C29H26ClNO4S/c1-18-26(29(33)35-13-12-34-22-9-3-2-4-10-22)27(19-7-5-8-21(30)15-19)28-23(31-18)16-20(17-24(28)32)25-11-6-14-36-25/h2-11,14-15,20,27,31H,12-13,16-17H2,1H3/t20-,27-/m1/s1. The lowest BCUT2D eigenvalue weighted by Crippen LogP contribution is -2.36.